The van der Waals surface area contributed by atoms with Crippen LogP contribution in [0.1, 0.15) is 84.6 Å². The van der Waals surface area contributed by atoms with Crippen molar-refractivity contribution in [1.29, 1.82) is 0 Å². The molecule has 1 heterocycles. The Morgan fingerprint density at radius 2 is 1.25 bits per heavy atom. The molecule has 18 heteroatoms. The molecule has 1 saturated heterocycles. The summed E-state index contributed by atoms with van der Waals surface area (Å²) in [4.78, 5) is 97.6. The number of amides is 7. The van der Waals surface area contributed by atoms with E-state index in [0.29, 0.717) is 12.8 Å². The van der Waals surface area contributed by atoms with Gasteiger partial charge in [-0.2, -0.15) is 0 Å². The first-order valence-electron chi connectivity index (χ1n) is 18.9. The highest BCUT2D eigenvalue weighted by atomic mass is 16.2. The molecule has 1 aromatic carbocycles. The SMILES string of the molecule is CC(C)C[C@@H]1NC(=O)[C@H](CC(C)C)NC(=O)[C@H](Cc2ccccc2)NC(=O)[C@@H](N)CCCCNC(=O)C[C@@H](C(N)=O)NC(=O)[C@H](CCCN=C(N)N)NC1=O. The molecule has 18 nitrogen and oxygen atoms in total. The minimum atomic E-state index is -1.40. The summed E-state index contributed by atoms with van der Waals surface area (Å²) in [5.41, 5.74) is 23.4. The summed E-state index contributed by atoms with van der Waals surface area (Å²) in [5, 5.41) is 16.1. The maximum atomic E-state index is 13.9. The van der Waals surface area contributed by atoms with Crippen molar-refractivity contribution in [3.8, 4) is 0 Å². The summed E-state index contributed by atoms with van der Waals surface area (Å²) < 4.78 is 0. The Kier molecular flexibility index (Phi) is 19.6. The second-order valence-electron chi connectivity index (χ2n) is 14.8. The van der Waals surface area contributed by atoms with Crippen LogP contribution in [-0.2, 0) is 40.0 Å². The summed E-state index contributed by atoms with van der Waals surface area (Å²) in [6, 6.07) is 2.10. The molecule has 0 unspecified atom stereocenters. The van der Waals surface area contributed by atoms with Gasteiger partial charge in [0.2, 0.25) is 41.4 Å². The minimum absolute atomic E-state index is 0.0249. The lowest BCUT2D eigenvalue weighted by Crippen LogP contribution is -2.60. The number of nitrogens with one attached hydrogen (secondary N) is 6. The van der Waals surface area contributed by atoms with E-state index >= 15 is 0 Å². The van der Waals surface area contributed by atoms with Gasteiger partial charge in [-0.05, 0) is 62.3 Å². The van der Waals surface area contributed by atoms with Crippen LogP contribution in [0.5, 0.6) is 0 Å². The van der Waals surface area contributed by atoms with Gasteiger partial charge in [0, 0.05) is 19.5 Å². The number of carbonyl (C=O) groups excluding carboxylic acids is 7. The van der Waals surface area contributed by atoms with Crippen molar-refractivity contribution in [2.75, 3.05) is 13.1 Å². The fourth-order valence-electron chi connectivity index (χ4n) is 5.93. The molecular formula is C37H61N11O7. The molecule has 6 atom stereocenters. The van der Waals surface area contributed by atoms with E-state index in [0.717, 1.165) is 5.56 Å². The topological polar surface area (TPSA) is 308 Å². The monoisotopic (exact) mass is 771 g/mol. The largest absolute Gasteiger partial charge is 0.370 e. The highest BCUT2D eigenvalue weighted by molar-refractivity contribution is 5.97. The van der Waals surface area contributed by atoms with Gasteiger partial charge in [-0.25, -0.2) is 0 Å². The Labute approximate surface area is 322 Å². The van der Waals surface area contributed by atoms with E-state index in [1.165, 1.54) is 0 Å². The van der Waals surface area contributed by atoms with Crippen LogP contribution in [0.3, 0.4) is 0 Å². The van der Waals surface area contributed by atoms with E-state index in [4.69, 9.17) is 22.9 Å². The van der Waals surface area contributed by atoms with Gasteiger partial charge >= 0.3 is 0 Å². The number of benzene rings is 1. The van der Waals surface area contributed by atoms with Crippen molar-refractivity contribution in [3.63, 3.8) is 0 Å². The van der Waals surface area contributed by atoms with Crippen LogP contribution in [0.25, 0.3) is 0 Å². The maximum absolute atomic E-state index is 13.9. The molecule has 306 valence electrons. The molecule has 0 bridgehead atoms. The summed E-state index contributed by atoms with van der Waals surface area (Å²) >= 11 is 0. The quantitative estimate of drug-likeness (QED) is 0.0691. The average Bonchev–Trinajstić information content (AvgIpc) is 3.10. The zero-order valence-electron chi connectivity index (χ0n) is 32.4. The molecule has 1 aliphatic rings. The first-order valence-corrected chi connectivity index (χ1v) is 18.9. The molecule has 0 aliphatic carbocycles. The highest BCUT2D eigenvalue weighted by Crippen LogP contribution is 2.12. The van der Waals surface area contributed by atoms with E-state index < -0.39 is 84.0 Å². The molecule has 55 heavy (non-hydrogen) atoms. The number of nitrogens with zero attached hydrogens (tertiary/aromatic N) is 1. The molecule has 0 spiro atoms. The predicted octanol–water partition coefficient (Wildman–Crippen LogP) is -1.70. The number of hydrogen-bond acceptors (Lipinski definition) is 9. The number of guanidine groups is 1. The van der Waals surface area contributed by atoms with Crippen molar-refractivity contribution in [3.05, 3.63) is 35.9 Å². The van der Waals surface area contributed by atoms with Crippen molar-refractivity contribution in [1.82, 2.24) is 31.9 Å². The van der Waals surface area contributed by atoms with Gasteiger partial charge in [0.25, 0.3) is 0 Å². The molecular weight excluding hydrogens is 710 g/mol. The number of primary amides is 1. The Morgan fingerprint density at radius 3 is 1.80 bits per heavy atom. The van der Waals surface area contributed by atoms with Gasteiger partial charge in [0.05, 0.1) is 12.5 Å². The number of rotatable bonds is 11. The zero-order chi connectivity index (χ0) is 41.1. The first-order chi connectivity index (χ1) is 26.0. The summed E-state index contributed by atoms with van der Waals surface area (Å²) in [6.07, 6.45) is 1.39. The van der Waals surface area contributed by atoms with E-state index in [-0.39, 0.29) is 69.4 Å². The Bertz CT molecular complexity index is 1480. The normalized spacial score (nSPS) is 24.4. The molecule has 1 fully saturated rings. The fraction of sp³-hybridized carbons (Fsp3) is 0.622. The lowest BCUT2D eigenvalue weighted by Gasteiger charge is -2.28. The molecule has 0 radical (unpaired) electrons. The van der Waals surface area contributed by atoms with Gasteiger partial charge in [-0.3, -0.25) is 38.6 Å². The van der Waals surface area contributed by atoms with Crippen LogP contribution >= 0.6 is 0 Å². The fourth-order valence-corrected chi connectivity index (χ4v) is 5.93. The number of aliphatic imine (C=N–C) groups is 1. The van der Waals surface area contributed by atoms with E-state index in [1.54, 1.807) is 12.1 Å². The smallest absolute Gasteiger partial charge is 0.243 e. The molecule has 2 rings (SSSR count). The lowest BCUT2D eigenvalue weighted by molar-refractivity contribution is -0.135. The van der Waals surface area contributed by atoms with Gasteiger partial charge in [-0.1, -0.05) is 58.0 Å². The first kappa shape index (κ1) is 45.9. The van der Waals surface area contributed by atoms with Crippen molar-refractivity contribution >= 4 is 47.3 Å². The molecule has 0 aromatic heterocycles. The van der Waals surface area contributed by atoms with Crippen LogP contribution in [0.15, 0.2) is 35.3 Å². The van der Waals surface area contributed by atoms with Crippen molar-refractivity contribution < 1.29 is 33.6 Å². The van der Waals surface area contributed by atoms with Crippen LogP contribution in [0, 0.1) is 11.8 Å². The summed E-state index contributed by atoms with van der Waals surface area (Å²) in [7, 11) is 0. The van der Waals surface area contributed by atoms with Crippen molar-refractivity contribution in [2.24, 2.45) is 39.8 Å². The molecule has 1 aliphatic heterocycles. The second kappa shape index (κ2) is 23.5. The Balaban J connectivity index is 2.52. The van der Waals surface area contributed by atoms with Crippen LogP contribution in [-0.4, -0.2) is 96.7 Å². The standard InChI is InChI=1S/C37H61N11O7/c1-21(2)17-27-34(53)44-25(14-10-16-43-37(40)41)33(52)45-26(31(39)50)20-30(49)42-15-9-8-13-24(38)32(51)46-29(19-23-11-6-5-7-12-23)36(55)48-28(18-22(3)4)35(54)47-27/h5-7,11-12,21-22,24-29H,8-10,13-20,38H2,1-4H3,(H2,39,50)(H,42,49)(H,44,53)(H,45,52)(H,46,51)(H,47,54)(H,48,55)(H4,40,41,43)/t24-,25-,26-,27-,28-,29-/m0/s1. The molecule has 14 N–H and O–H groups in total. The summed E-state index contributed by atoms with van der Waals surface area (Å²) in [6.45, 7) is 7.75. The maximum Gasteiger partial charge on any atom is 0.243 e. The average molecular weight is 772 g/mol. The Morgan fingerprint density at radius 1 is 0.727 bits per heavy atom. The third-order valence-corrected chi connectivity index (χ3v) is 8.82. The highest BCUT2D eigenvalue weighted by Gasteiger charge is 2.33. The van der Waals surface area contributed by atoms with Crippen LogP contribution in [0.2, 0.25) is 0 Å². The number of hydrogen-bond donors (Lipinski definition) is 10. The number of nitrogens with two attached hydrogens (primary N) is 4. The molecule has 1 aromatic rings. The van der Waals surface area contributed by atoms with Crippen molar-refractivity contribution in [2.45, 2.75) is 122 Å². The van der Waals surface area contributed by atoms with Gasteiger partial charge in [-0.15, -0.1) is 0 Å². The predicted molar refractivity (Wildman–Crippen MR) is 207 cm³/mol. The Hall–Kier alpha value is -5.26. The lowest BCUT2D eigenvalue weighted by atomic mass is 9.98. The zero-order valence-corrected chi connectivity index (χ0v) is 32.4. The van der Waals surface area contributed by atoms with Gasteiger partial charge in [0.15, 0.2) is 5.96 Å². The van der Waals surface area contributed by atoms with E-state index in [2.05, 4.69) is 36.9 Å². The van der Waals surface area contributed by atoms with Gasteiger partial charge in [0.1, 0.15) is 30.2 Å². The van der Waals surface area contributed by atoms with E-state index in [1.807, 2.05) is 45.9 Å². The number of carbonyl (C=O) groups is 7. The second-order valence-corrected chi connectivity index (χ2v) is 14.8. The minimum Gasteiger partial charge on any atom is -0.370 e. The molecule has 0 saturated carbocycles. The molecule has 7 amide bonds. The summed E-state index contributed by atoms with van der Waals surface area (Å²) in [5.74, 6) is -5.17. The van der Waals surface area contributed by atoms with E-state index in [9.17, 15) is 33.6 Å². The third kappa shape index (κ3) is 17.6. The van der Waals surface area contributed by atoms with Crippen LogP contribution < -0.4 is 54.8 Å². The third-order valence-electron chi connectivity index (χ3n) is 8.82. The van der Waals surface area contributed by atoms with Gasteiger partial charge < -0.3 is 54.8 Å². The van der Waals surface area contributed by atoms with Crippen LogP contribution in [0.4, 0.5) is 0 Å².